The number of para-hydroxylation sites is 1. The second kappa shape index (κ2) is 7.26. The van der Waals surface area contributed by atoms with Crippen molar-refractivity contribution in [2.45, 2.75) is 12.6 Å². The number of nitrogens with one attached hydrogen (secondary N) is 1. The van der Waals surface area contributed by atoms with Crippen LogP contribution in [-0.2, 0) is 11.3 Å². The van der Waals surface area contributed by atoms with Gasteiger partial charge in [-0.05, 0) is 29.8 Å². The number of nitrogens with zero attached hydrogens (tertiary/aromatic N) is 1. The van der Waals surface area contributed by atoms with Crippen LogP contribution >= 0.6 is 0 Å². The first-order valence-corrected chi connectivity index (χ1v) is 7.71. The lowest BCUT2D eigenvalue weighted by molar-refractivity contribution is -0.140. The van der Waals surface area contributed by atoms with Crippen molar-refractivity contribution >= 4 is 5.97 Å². The molecule has 1 aliphatic rings. The van der Waals surface area contributed by atoms with E-state index in [1.54, 1.807) is 0 Å². The van der Waals surface area contributed by atoms with E-state index in [0.717, 1.165) is 30.2 Å². The minimum absolute atomic E-state index is 0.482. The van der Waals surface area contributed by atoms with E-state index in [1.807, 2.05) is 54.6 Å². The molecule has 0 bridgehead atoms. The van der Waals surface area contributed by atoms with E-state index in [0.29, 0.717) is 13.1 Å². The molecule has 0 aromatic heterocycles. The van der Waals surface area contributed by atoms with Crippen LogP contribution in [0.1, 0.15) is 5.56 Å². The van der Waals surface area contributed by atoms with Crippen LogP contribution in [0.25, 0.3) is 0 Å². The Kier molecular flexibility index (Phi) is 4.90. The topological polar surface area (TPSA) is 61.8 Å². The number of benzene rings is 2. The van der Waals surface area contributed by atoms with Crippen LogP contribution < -0.4 is 10.1 Å². The van der Waals surface area contributed by atoms with Gasteiger partial charge in [0, 0.05) is 26.2 Å². The van der Waals surface area contributed by atoms with Crippen LogP contribution in [0.3, 0.4) is 0 Å². The molecule has 23 heavy (non-hydrogen) atoms. The zero-order valence-electron chi connectivity index (χ0n) is 12.8. The Morgan fingerprint density at radius 1 is 1.13 bits per heavy atom. The summed E-state index contributed by atoms with van der Waals surface area (Å²) in [6.07, 6.45) is 0. The molecular weight excluding hydrogens is 292 g/mol. The highest BCUT2D eigenvalue weighted by atomic mass is 16.5. The summed E-state index contributed by atoms with van der Waals surface area (Å²) in [5, 5.41) is 12.1. The number of rotatable bonds is 5. The summed E-state index contributed by atoms with van der Waals surface area (Å²) >= 11 is 0. The van der Waals surface area contributed by atoms with Crippen LogP contribution in [0, 0.1) is 0 Å². The first-order chi connectivity index (χ1) is 11.2. The molecule has 120 valence electrons. The molecule has 1 atom stereocenters. The zero-order chi connectivity index (χ0) is 16.1. The van der Waals surface area contributed by atoms with Crippen molar-refractivity contribution in [1.29, 1.82) is 0 Å². The summed E-state index contributed by atoms with van der Waals surface area (Å²) in [5.74, 6) is 0.816. The van der Waals surface area contributed by atoms with Crippen molar-refractivity contribution in [2.24, 2.45) is 0 Å². The number of carbonyl (C=O) groups is 1. The third-order valence-electron chi connectivity index (χ3n) is 3.87. The Labute approximate surface area is 135 Å². The molecule has 2 aromatic rings. The number of ether oxygens (including phenoxy) is 1. The van der Waals surface area contributed by atoms with Crippen molar-refractivity contribution in [3.63, 3.8) is 0 Å². The summed E-state index contributed by atoms with van der Waals surface area (Å²) < 4.78 is 5.77. The third kappa shape index (κ3) is 4.31. The fourth-order valence-corrected chi connectivity index (χ4v) is 2.67. The van der Waals surface area contributed by atoms with Gasteiger partial charge in [-0.25, -0.2) is 0 Å². The standard InChI is InChI=1S/C18H20N2O3/c21-18(22)17-13-20(11-10-19-17)12-14-6-8-16(9-7-14)23-15-4-2-1-3-5-15/h1-9,17,19H,10-13H2,(H,21,22). The maximum atomic E-state index is 11.1. The summed E-state index contributed by atoms with van der Waals surface area (Å²) in [4.78, 5) is 13.2. The normalized spacial score (nSPS) is 18.5. The van der Waals surface area contributed by atoms with Gasteiger partial charge in [0.25, 0.3) is 0 Å². The minimum Gasteiger partial charge on any atom is -0.480 e. The Morgan fingerprint density at radius 2 is 1.83 bits per heavy atom. The van der Waals surface area contributed by atoms with Gasteiger partial charge in [0.1, 0.15) is 17.5 Å². The quantitative estimate of drug-likeness (QED) is 0.887. The number of hydrogen-bond donors (Lipinski definition) is 2. The molecule has 0 aliphatic carbocycles. The van der Waals surface area contributed by atoms with Gasteiger partial charge in [-0.3, -0.25) is 9.69 Å². The van der Waals surface area contributed by atoms with Crippen LogP contribution in [0.2, 0.25) is 0 Å². The molecule has 1 aliphatic heterocycles. The minimum atomic E-state index is -0.790. The van der Waals surface area contributed by atoms with Crippen LogP contribution in [0.15, 0.2) is 54.6 Å². The summed E-state index contributed by atoms with van der Waals surface area (Å²) in [6, 6.07) is 17.1. The fourth-order valence-electron chi connectivity index (χ4n) is 2.67. The molecule has 0 spiro atoms. The molecule has 0 saturated carbocycles. The fraction of sp³-hybridized carbons (Fsp3) is 0.278. The van der Waals surface area contributed by atoms with Crippen molar-refractivity contribution in [3.8, 4) is 11.5 Å². The molecule has 2 N–H and O–H groups in total. The van der Waals surface area contributed by atoms with Gasteiger partial charge in [-0.1, -0.05) is 30.3 Å². The first-order valence-electron chi connectivity index (χ1n) is 7.71. The molecule has 2 aromatic carbocycles. The molecule has 3 rings (SSSR count). The van der Waals surface area contributed by atoms with Crippen molar-refractivity contribution < 1.29 is 14.6 Å². The lowest BCUT2D eigenvalue weighted by Gasteiger charge is -2.31. The predicted octanol–water partition coefficient (Wildman–Crippen LogP) is 2.34. The Balaban J connectivity index is 1.58. The summed E-state index contributed by atoms with van der Waals surface area (Å²) in [5.41, 5.74) is 1.15. The van der Waals surface area contributed by atoms with Crippen molar-refractivity contribution in [3.05, 3.63) is 60.2 Å². The number of carboxylic acids is 1. The molecular formula is C18H20N2O3. The lowest BCUT2D eigenvalue weighted by Crippen LogP contribution is -2.53. The van der Waals surface area contributed by atoms with E-state index in [-0.39, 0.29) is 0 Å². The summed E-state index contributed by atoms with van der Waals surface area (Å²) in [6.45, 7) is 2.83. The highest BCUT2D eigenvalue weighted by molar-refractivity contribution is 5.73. The average Bonchev–Trinajstić information content (AvgIpc) is 2.58. The Hall–Kier alpha value is -2.37. The van der Waals surface area contributed by atoms with E-state index in [4.69, 9.17) is 9.84 Å². The van der Waals surface area contributed by atoms with Gasteiger partial charge in [0.05, 0.1) is 0 Å². The maximum Gasteiger partial charge on any atom is 0.322 e. The van der Waals surface area contributed by atoms with Gasteiger partial charge >= 0.3 is 5.97 Å². The molecule has 1 unspecified atom stereocenters. The monoisotopic (exact) mass is 312 g/mol. The molecule has 5 heteroatoms. The highest BCUT2D eigenvalue weighted by Gasteiger charge is 2.24. The molecule has 0 amide bonds. The van der Waals surface area contributed by atoms with E-state index >= 15 is 0 Å². The third-order valence-corrected chi connectivity index (χ3v) is 3.87. The van der Waals surface area contributed by atoms with E-state index in [1.165, 1.54) is 0 Å². The SMILES string of the molecule is O=C(O)C1CN(Cc2ccc(Oc3ccccc3)cc2)CCN1. The number of aliphatic carboxylic acids is 1. The van der Waals surface area contributed by atoms with Gasteiger partial charge in [0.2, 0.25) is 0 Å². The maximum absolute atomic E-state index is 11.1. The molecule has 1 saturated heterocycles. The zero-order valence-corrected chi connectivity index (χ0v) is 12.8. The smallest absolute Gasteiger partial charge is 0.322 e. The first kappa shape index (κ1) is 15.5. The molecule has 0 radical (unpaired) electrons. The van der Waals surface area contributed by atoms with Crippen LogP contribution in [0.5, 0.6) is 11.5 Å². The summed E-state index contributed by atoms with van der Waals surface area (Å²) in [7, 11) is 0. The second-order valence-electron chi connectivity index (χ2n) is 5.64. The van der Waals surface area contributed by atoms with Crippen LogP contribution in [-0.4, -0.2) is 41.7 Å². The van der Waals surface area contributed by atoms with E-state index in [9.17, 15) is 4.79 Å². The van der Waals surface area contributed by atoms with E-state index < -0.39 is 12.0 Å². The number of hydrogen-bond acceptors (Lipinski definition) is 4. The lowest BCUT2D eigenvalue weighted by atomic mass is 10.1. The predicted molar refractivity (Wildman–Crippen MR) is 87.7 cm³/mol. The number of carboxylic acid groups (broad SMARTS) is 1. The van der Waals surface area contributed by atoms with E-state index in [2.05, 4.69) is 10.2 Å². The molecule has 5 nitrogen and oxygen atoms in total. The van der Waals surface area contributed by atoms with Crippen molar-refractivity contribution in [2.75, 3.05) is 19.6 Å². The Morgan fingerprint density at radius 3 is 2.52 bits per heavy atom. The average molecular weight is 312 g/mol. The Bertz CT molecular complexity index is 643. The molecule has 1 heterocycles. The van der Waals surface area contributed by atoms with Gasteiger partial charge in [-0.15, -0.1) is 0 Å². The molecule has 1 fully saturated rings. The van der Waals surface area contributed by atoms with Gasteiger partial charge in [0.15, 0.2) is 0 Å². The van der Waals surface area contributed by atoms with Gasteiger partial charge < -0.3 is 15.2 Å². The van der Waals surface area contributed by atoms with Gasteiger partial charge in [-0.2, -0.15) is 0 Å². The van der Waals surface area contributed by atoms with Crippen molar-refractivity contribution in [1.82, 2.24) is 10.2 Å². The highest BCUT2D eigenvalue weighted by Crippen LogP contribution is 2.21. The number of piperazine rings is 1. The largest absolute Gasteiger partial charge is 0.480 e. The second-order valence-corrected chi connectivity index (χ2v) is 5.64. The van der Waals surface area contributed by atoms with Crippen LogP contribution in [0.4, 0.5) is 0 Å².